The van der Waals surface area contributed by atoms with Crippen LogP contribution in [0, 0.1) is 17.3 Å². The summed E-state index contributed by atoms with van der Waals surface area (Å²) in [7, 11) is 0. The molecule has 0 saturated carbocycles. The molecule has 8 nitrogen and oxygen atoms in total. The van der Waals surface area contributed by atoms with Gasteiger partial charge < -0.3 is 20.0 Å². The normalized spacial score (nSPS) is 14.5. The predicted octanol–water partition coefficient (Wildman–Crippen LogP) is 2.68. The molecule has 0 aromatic heterocycles. The van der Waals surface area contributed by atoms with E-state index in [9.17, 15) is 23.9 Å². The molecule has 0 heterocycles. The molecule has 0 fully saturated rings. The van der Waals surface area contributed by atoms with E-state index in [0.29, 0.717) is 0 Å². The Bertz CT molecular complexity index is 726. The zero-order valence-electron chi connectivity index (χ0n) is 18.5. The quantitative estimate of drug-likeness (QED) is 0.426. The summed E-state index contributed by atoms with van der Waals surface area (Å²) >= 11 is 0. The van der Waals surface area contributed by atoms with Crippen molar-refractivity contribution < 1.29 is 33.5 Å². The summed E-state index contributed by atoms with van der Waals surface area (Å²) < 4.78 is 18.3. The second-order valence-electron chi connectivity index (χ2n) is 8.58. The number of ether oxygens (including phenoxy) is 1. The van der Waals surface area contributed by atoms with E-state index in [2.05, 4.69) is 10.2 Å². The minimum absolute atomic E-state index is 0.0587. The van der Waals surface area contributed by atoms with Crippen molar-refractivity contribution in [3.63, 3.8) is 0 Å². The van der Waals surface area contributed by atoms with E-state index in [4.69, 9.17) is 10.6 Å². The second kappa shape index (κ2) is 12.4. The first-order valence-corrected chi connectivity index (χ1v) is 10.1. The molecular weight excluding hydrogens is 407 g/mol. The summed E-state index contributed by atoms with van der Waals surface area (Å²) in [5, 5.41) is 12.6. The number of amides is 1. The topological polar surface area (TPSA) is 128 Å². The van der Waals surface area contributed by atoms with E-state index < -0.39 is 42.2 Å². The van der Waals surface area contributed by atoms with Gasteiger partial charge in [0.2, 0.25) is 0 Å². The highest BCUT2D eigenvalue weighted by Gasteiger charge is 2.40. The van der Waals surface area contributed by atoms with Gasteiger partial charge in [-0.2, -0.15) is 5.90 Å². The summed E-state index contributed by atoms with van der Waals surface area (Å²) in [5.74, 6) is 2.57. The second-order valence-corrected chi connectivity index (χ2v) is 8.58. The molecule has 3 atom stereocenters. The van der Waals surface area contributed by atoms with Crippen molar-refractivity contribution in [3.8, 4) is 0 Å². The van der Waals surface area contributed by atoms with Gasteiger partial charge in [-0.1, -0.05) is 58.0 Å². The Morgan fingerprint density at radius 2 is 1.81 bits per heavy atom. The Balaban J connectivity index is 2.83. The molecule has 31 heavy (non-hydrogen) atoms. The highest BCUT2D eigenvalue weighted by Crippen LogP contribution is 2.37. The van der Waals surface area contributed by atoms with Crippen LogP contribution in [0.25, 0.3) is 0 Å². The smallest absolute Gasteiger partial charge is 0.408 e. The molecule has 9 heteroatoms. The zero-order chi connectivity index (χ0) is 23.6. The van der Waals surface area contributed by atoms with Crippen molar-refractivity contribution in [2.45, 2.75) is 59.3 Å². The van der Waals surface area contributed by atoms with Crippen LogP contribution in [0.4, 0.5) is 9.18 Å². The van der Waals surface area contributed by atoms with Crippen LogP contribution < -0.4 is 11.2 Å². The average Bonchev–Trinajstić information content (AvgIpc) is 2.73. The Morgan fingerprint density at radius 1 is 1.19 bits per heavy atom. The number of aliphatic hydroxyl groups is 1. The minimum atomic E-state index is -1.47. The van der Waals surface area contributed by atoms with E-state index in [-0.39, 0.29) is 31.1 Å². The summed E-state index contributed by atoms with van der Waals surface area (Å²) in [6.45, 7) is 5.80. The number of ketones is 1. The number of rotatable bonds is 12. The van der Waals surface area contributed by atoms with Gasteiger partial charge in [-0.05, 0) is 16.9 Å². The van der Waals surface area contributed by atoms with Gasteiger partial charge in [-0.25, -0.2) is 9.18 Å². The van der Waals surface area contributed by atoms with Crippen molar-refractivity contribution in [1.29, 1.82) is 0 Å². The number of alkyl carbamates (subject to hydrolysis) is 1. The van der Waals surface area contributed by atoms with Crippen LogP contribution in [-0.2, 0) is 25.8 Å². The van der Waals surface area contributed by atoms with Crippen LogP contribution in [0.2, 0.25) is 0 Å². The molecule has 0 saturated heterocycles. The van der Waals surface area contributed by atoms with Crippen molar-refractivity contribution in [1.82, 2.24) is 5.32 Å². The Hall–Kier alpha value is -2.52. The lowest BCUT2D eigenvalue weighted by atomic mass is 9.70. The van der Waals surface area contributed by atoms with Crippen LogP contribution >= 0.6 is 0 Å². The average molecular weight is 441 g/mol. The number of halogens is 1. The highest BCUT2D eigenvalue weighted by atomic mass is 19.1. The van der Waals surface area contributed by atoms with Crippen LogP contribution in [-0.4, -0.2) is 41.8 Å². The number of nitrogens with two attached hydrogens (primary N) is 1. The van der Waals surface area contributed by atoms with Crippen molar-refractivity contribution in [2.75, 3.05) is 6.67 Å². The summed E-state index contributed by atoms with van der Waals surface area (Å²) in [5.41, 5.74) is -0.166. The third kappa shape index (κ3) is 8.63. The molecule has 0 bridgehead atoms. The van der Waals surface area contributed by atoms with E-state index in [0.717, 1.165) is 5.56 Å². The molecule has 1 aromatic rings. The first-order chi connectivity index (χ1) is 14.5. The third-order valence-corrected chi connectivity index (χ3v) is 5.27. The standard InChI is InChI=1S/C22H33FN2O6/c1-14(2)20(25-21(29)30-13-15-8-6-5-7-9-15)17(26)11-22(3,4)16(18(27)12-23)10-19(28)31-24/h5-9,14,16,18,20,27H,10-13,24H2,1-4H3,(H,25,29)/t16?,18?,20-/m0/s1. The van der Waals surface area contributed by atoms with Gasteiger partial charge in [-0.15, -0.1) is 0 Å². The number of nitrogens with one attached hydrogen (secondary N) is 1. The monoisotopic (exact) mass is 440 g/mol. The fraction of sp³-hybridized carbons (Fsp3) is 0.591. The Kier molecular flexibility index (Phi) is 10.6. The molecule has 0 radical (unpaired) electrons. The van der Waals surface area contributed by atoms with E-state index >= 15 is 0 Å². The van der Waals surface area contributed by atoms with Gasteiger partial charge in [-0.3, -0.25) is 9.59 Å². The van der Waals surface area contributed by atoms with Gasteiger partial charge in [0.1, 0.15) is 13.3 Å². The maximum atomic E-state index is 13.2. The molecule has 1 amide bonds. The molecule has 4 N–H and O–H groups in total. The largest absolute Gasteiger partial charge is 0.445 e. The lowest BCUT2D eigenvalue weighted by Crippen LogP contribution is -2.47. The fourth-order valence-electron chi connectivity index (χ4n) is 3.47. The number of benzene rings is 1. The molecule has 2 unspecified atom stereocenters. The third-order valence-electron chi connectivity index (χ3n) is 5.27. The number of alkyl halides is 1. The molecule has 0 aliphatic heterocycles. The van der Waals surface area contributed by atoms with Gasteiger partial charge in [0.25, 0.3) is 0 Å². The molecule has 1 aromatic carbocycles. The summed E-state index contributed by atoms with van der Waals surface area (Å²) in [4.78, 5) is 41.0. The maximum absolute atomic E-state index is 13.2. The lowest BCUT2D eigenvalue weighted by Gasteiger charge is -2.36. The number of aliphatic hydroxyl groups excluding tert-OH is 1. The number of carbonyl (C=O) groups excluding carboxylic acids is 3. The highest BCUT2D eigenvalue weighted by molar-refractivity contribution is 5.88. The predicted molar refractivity (Wildman–Crippen MR) is 112 cm³/mol. The molecule has 0 spiro atoms. The van der Waals surface area contributed by atoms with Gasteiger partial charge in [0.15, 0.2) is 5.78 Å². The number of carbonyl (C=O) groups is 3. The maximum Gasteiger partial charge on any atom is 0.408 e. The number of hydrogen-bond acceptors (Lipinski definition) is 7. The van der Waals surface area contributed by atoms with Crippen molar-refractivity contribution >= 4 is 17.8 Å². The molecule has 0 aliphatic carbocycles. The van der Waals surface area contributed by atoms with Crippen LogP contribution in [0.3, 0.4) is 0 Å². The van der Waals surface area contributed by atoms with Crippen LogP contribution in [0.5, 0.6) is 0 Å². The summed E-state index contributed by atoms with van der Waals surface area (Å²) in [6, 6.07) is 8.25. The van der Waals surface area contributed by atoms with E-state index in [1.165, 1.54) is 0 Å². The van der Waals surface area contributed by atoms with Crippen LogP contribution in [0.15, 0.2) is 30.3 Å². The van der Waals surface area contributed by atoms with E-state index in [1.54, 1.807) is 27.7 Å². The van der Waals surface area contributed by atoms with E-state index in [1.807, 2.05) is 30.3 Å². The minimum Gasteiger partial charge on any atom is -0.445 e. The Labute approximate surface area is 182 Å². The lowest BCUT2D eigenvalue weighted by molar-refractivity contribution is -0.149. The van der Waals surface area contributed by atoms with Gasteiger partial charge in [0, 0.05) is 12.3 Å². The molecule has 1 rings (SSSR count). The Morgan fingerprint density at radius 3 is 2.32 bits per heavy atom. The molecule has 174 valence electrons. The number of hydrogen-bond donors (Lipinski definition) is 3. The number of Topliss-reactive ketones (excluding diaryl/α,β-unsaturated/α-hetero) is 1. The van der Waals surface area contributed by atoms with Crippen molar-refractivity contribution in [2.24, 2.45) is 23.1 Å². The SMILES string of the molecule is CC(C)[C@H](NC(=O)OCc1ccccc1)C(=O)CC(C)(C)C(CC(=O)ON)C(O)CF. The van der Waals surface area contributed by atoms with Crippen LogP contribution in [0.1, 0.15) is 46.1 Å². The molecular formula is C22H33FN2O6. The zero-order valence-corrected chi connectivity index (χ0v) is 18.5. The molecule has 0 aliphatic rings. The van der Waals surface area contributed by atoms with Gasteiger partial charge in [0.05, 0.1) is 18.6 Å². The first kappa shape index (κ1) is 26.5. The summed E-state index contributed by atoms with van der Waals surface area (Å²) in [6.07, 6.45) is -2.67. The van der Waals surface area contributed by atoms with Gasteiger partial charge >= 0.3 is 12.1 Å². The first-order valence-electron chi connectivity index (χ1n) is 10.1. The van der Waals surface area contributed by atoms with Crippen molar-refractivity contribution in [3.05, 3.63) is 35.9 Å². The fourth-order valence-corrected chi connectivity index (χ4v) is 3.47.